The second kappa shape index (κ2) is 8.86. The number of nitrogens with zero attached hydrogens (tertiary/aromatic N) is 3. The summed E-state index contributed by atoms with van der Waals surface area (Å²) in [5, 5.41) is 0. The van der Waals surface area contributed by atoms with Gasteiger partial charge in [0.05, 0.1) is 19.6 Å². The third-order valence-electron chi connectivity index (χ3n) is 5.61. The molecule has 1 aliphatic heterocycles. The molecular formula is C24H27N3O2. The number of carbonyl (C=O) groups excluding carboxylic acids is 1. The minimum atomic E-state index is -0.0180. The van der Waals surface area contributed by atoms with E-state index in [1.165, 1.54) is 5.69 Å². The molecule has 1 atom stereocenters. The number of ether oxygens (including phenoxy) is 1. The number of hydrogen-bond acceptors (Lipinski definition) is 3. The minimum Gasteiger partial charge on any atom is -0.497 e. The molecule has 1 aromatic heterocycles. The number of para-hydroxylation sites is 1. The molecule has 2 heterocycles. The molecular weight excluding hydrogens is 362 g/mol. The van der Waals surface area contributed by atoms with Crippen molar-refractivity contribution in [1.82, 2.24) is 9.47 Å². The number of aromatic nitrogens is 1. The van der Waals surface area contributed by atoms with Crippen LogP contribution in [0.15, 0.2) is 79.1 Å². The fourth-order valence-electron chi connectivity index (χ4n) is 3.92. The second-order valence-corrected chi connectivity index (χ2v) is 7.33. The monoisotopic (exact) mass is 389 g/mol. The SMILES string of the molecule is COc1ccc([C@@H](CC(=O)N2CCN(c3ccccc3)CC2)n2cccc2)cc1. The Morgan fingerprint density at radius 1 is 0.897 bits per heavy atom. The van der Waals surface area contributed by atoms with Gasteiger partial charge in [0, 0.05) is 44.3 Å². The summed E-state index contributed by atoms with van der Waals surface area (Å²) in [5.74, 6) is 1.02. The highest BCUT2D eigenvalue weighted by Crippen LogP contribution is 2.26. The molecule has 4 rings (SSSR count). The Hall–Kier alpha value is -3.21. The van der Waals surface area contributed by atoms with E-state index in [1.807, 2.05) is 59.8 Å². The first kappa shape index (κ1) is 19.1. The molecule has 150 valence electrons. The molecule has 5 heteroatoms. The van der Waals surface area contributed by atoms with Crippen molar-refractivity contribution in [3.63, 3.8) is 0 Å². The van der Waals surface area contributed by atoms with Crippen molar-refractivity contribution in [3.8, 4) is 5.75 Å². The van der Waals surface area contributed by atoms with Gasteiger partial charge in [-0.3, -0.25) is 4.79 Å². The fraction of sp³-hybridized carbons (Fsp3) is 0.292. The summed E-state index contributed by atoms with van der Waals surface area (Å²) in [4.78, 5) is 17.5. The molecule has 1 amide bonds. The Bertz CT molecular complexity index is 899. The highest BCUT2D eigenvalue weighted by molar-refractivity contribution is 5.77. The fourth-order valence-corrected chi connectivity index (χ4v) is 3.92. The van der Waals surface area contributed by atoms with E-state index in [0.717, 1.165) is 37.5 Å². The highest BCUT2D eigenvalue weighted by atomic mass is 16.5. The third kappa shape index (κ3) is 4.45. The van der Waals surface area contributed by atoms with E-state index < -0.39 is 0 Å². The van der Waals surface area contributed by atoms with Crippen LogP contribution < -0.4 is 9.64 Å². The molecule has 3 aromatic rings. The van der Waals surface area contributed by atoms with Gasteiger partial charge in [-0.15, -0.1) is 0 Å². The maximum Gasteiger partial charge on any atom is 0.225 e. The van der Waals surface area contributed by atoms with Crippen molar-refractivity contribution in [1.29, 1.82) is 0 Å². The lowest BCUT2D eigenvalue weighted by molar-refractivity contribution is -0.132. The van der Waals surface area contributed by atoms with E-state index >= 15 is 0 Å². The minimum absolute atomic E-state index is 0.0180. The molecule has 0 saturated carbocycles. The largest absolute Gasteiger partial charge is 0.497 e. The van der Waals surface area contributed by atoms with Crippen molar-refractivity contribution in [3.05, 3.63) is 84.7 Å². The summed E-state index contributed by atoms with van der Waals surface area (Å²) in [6, 6.07) is 22.4. The normalized spacial score (nSPS) is 15.2. The molecule has 0 bridgehead atoms. The van der Waals surface area contributed by atoms with Crippen LogP contribution in [0.3, 0.4) is 0 Å². The Balaban J connectivity index is 1.43. The van der Waals surface area contributed by atoms with E-state index in [1.54, 1.807) is 7.11 Å². The number of methoxy groups -OCH3 is 1. The van der Waals surface area contributed by atoms with Crippen LogP contribution in [-0.4, -0.2) is 48.7 Å². The van der Waals surface area contributed by atoms with E-state index in [4.69, 9.17) is 4.74 Å². The molecule has 2 aromatic carbocycles. The second-order valence-electron chi connectivity index (χ2n) is 7.33. The van der Waals surface area contributed by atoms with Gasteiger partial charge in [0.15, 0.2) is 0 Å². The molecule has 1 fully saturated rings. The van der Waals surface area contributed by atoms with Crippen LogP contribution >= 0.6 is 0 Å². The maximum absolute atomic E-state index is 13.1. The van der Waals surface area contributed by atoms with Gasteiger partial charge >= 0.3 is 0 Å². The average molecular weight is 389 g/mol. The highest BCUT2D eigenvalue weighted by Gasteiger charge is 2.25. The zero-order valence-corrected chi connectivity index (χ0v) is 16.8. The van der Waals surface area contributed by atoms with Crippen molar-refractivity contribution in [2.75, 3.05) is 38.2 Å². The van der Waals surface area contributed by atoms with E-state index in [2.05, 4.69) is 33.7 Å². The molecule has 0 unspecified atom stereocenters. The Morgan fingerprint density at radius 2 is 1.55 bits per heavy atom. The topological polar surface area (TPSA) is 37.7 Å². The zero-order valence-electron chi connectivity index (χ0n) is 16.8. The molecule has 0 N–H and O–H groups in total. The summed E-state index contributed by atoms with van der Waals surface area (Å²) >= 11 is 0. The number of amides is 1. The number of carbonyl (C=O) groups is 1. The number of benzene rings is 2. The van der Waals surface area contributed by atoms with Gasteiger partial charge in [-0.1, -0.05) is 30.3 Å². The Labute approximate surface area is 172 Å². The lowest BCUT2D eigenvalue weighted by atomic mass is 10.0. The van der Waals surface area contributed by atoms with E-state index in [0.29, 0.717) is 6.42 Å². The van der Waals surface area contributed by atoms with Gasteiger partial charge < -0.3 is 19.1 Å². The Kier molecular flexibility index (Phi) is 5.84. The van der Waals surface area contributed by atoms with E-state index in [-0.39, 0.29) is 11.9 Å². The summed E-state index contributed by atoms with van der Waals surface area (Å²) in [6.45, 7) is 3.25. The average Bonchev–Trinajstić information content (AvgIpc) is 3.33. The van der Waals surface area contributed by atoms with Gasteiger partial charge in [0.1, 0.15) is 5.75 Å². The summed E-state index contributed by atoms with van der Waals surface area (Å²) in [6.07, 6.45) is 4.50. The van der Waals surface area contributed by atoms with Crippen molar-refractivity contribution >= 4 is 11.6 Å². The number of anilines is 1. The smallest absolute Gasteiger partial charge is 0.225 e. The Morgan fingerprint density at radius 3 is 2.17 bits per heavy atom. The maximum atomic E-state index is 13.1. The first-order valence-corrected chi connectivity index (χ1v) is 10.1. The van der Waals surface area contributed by atoms with Gasteiger partial charge in [0.25, 0.3) is 0 Å². The number of piperazine rings is 1. The molecule has 0 radical (unpaired) electrons. The summed E-state index contributed by atoms with van der Waals surface area (Å²) in [7, 11) is 1.66. The standard InChI is InChI=1S/C24H27N3O2/c1-29-22-11-9-20(10-12-22)23(26-13-5-6-14-26)19-24(28)27-17-15-25(16-18-27)21-7-3-2-4-8-21/h2-14,23H,15-19H2,1H3/t23-/m1/s1. The quantitative estimate of drug-likeness (QED) is 0.643. The van der Waals surface area contributed by atoms with Gasteiger partial charge in [-0.05, 0) is 42.0 Å². The third-order valence-corrected chi connectivity index (χ3v) is 5.61. The van der Waals surface area contributed by atoms with Crippen molar-refractivity contribution in [2.24, 2.45) is 0 Å². The number of rotatable bonds is 6. The predicted molar refractivity (Wildman–Crippen MR) is 115 cm³/mol. The van der Waals surface area contributed by atoms with Crippen LogP contribution in [0.2, 0.25) is 0 Å². The summed E-state index contributed by atoms with van der Waals surface area (Å²) in [5.41, 5.74) is 2.33. The molecule has 0 aliphatic carbocycles. The lowest BCUT2D eigenvalue weighted by Crippen LogP contribution is -2.49. The predicted octanol–water partition coefficient (Wildman–Crippen LogP) is 3.83. The van der Waals surface area contributed by atoms with Crippen LogP contribution in [0.1, 0.15) is 18.0 Å². The van der Waals surface area contributed by atoms with Crippen molar-refractivity contribution < 1.29 is 9.53 Å². The van der Waals surface area contributed by atoms with Crippen LogP contribution in [-0.2, 0) is 4.79 Å². The molecule has 5 nitrogen and oxygen atoms in total. The first-order chi connectivity index (χ1) is 14.2. The van der Waals surface area contributed by atoms with Gasteiger partial charge in [-0.2, -0.15) is 0 Å². The van der Waals surface area contributed by atoms with Crippen LogP contribution in [0.5, 0.6) is 5.75 Å². The molecule has 1 aliphatic rings. The van der Waals surface area contributed by atoms with Crippen molar-refractivity contribution in [2.45, 2.75) is 12.5 Å². The van der Waals surface area contributed by atoms with Crippen LogP contribution in [0.4, 0.5) is 5.69 Å². The molecule has 29 heavy (non-hydrogen) atoms. The molecule has 1 saturated heterocycles. The van der Waals surface area contributed by atoms with Gasteiger partial charge in [0.2, 0.25) is 5.91 Å². The molecule has 0 spiro atoms. The van der Waals surface area contributed by atoms with Crippen LogP contribution in [0, 0.1) is 0 Å². The lowest BCUT2D eigenvalue weighted by Gasteiger charge is -2.36. The first-order valence-electron chi connectivity index (χ1n) is 10.1. The summed E-state index contributed by atoms with van der Waals surface area (Å²) < 4.78 is 7.39. The van der Waals surface area contributed by atoms with Gasteiger partial charge in [-0.25, -0.2) is 0 Å². The number of hydrogen-bond donors (Lipinski definition) is 0. The van der Waals surface area contributed by atoms with Crippen LogP contribution in [0.25, 0.3) is 0 Å². The van der Waals surface area contributed by atoms with E-state index in [9.17, 15) is 4.79 Å². The zero-order chi connectivity index (χ0) is 20.1.